The van der Waals surface area contributed by atoms with E-state index in [4.69, 9.17) is 8.42 Å². The Morgan fingerprint density at radius 2 is 1.55 bits per heavy atom. The molecule has 0 fully saturated rings. The summed E-state index contributed by atoms with van der Waals surface area (Å²) in [5.41, 5.74) is 0. The molecule has 0 spiro atoms. The molecule has 14 heteroatoms. The van der Waals surface area contributed by atoms with E-state index in [1.54, 1.807) is 0 Å². The van der Waals surface area contributed by atoms with Crippen LogP contribution in [-0.4, -0.2) is 42.1 Å². The quantitative estimate of drug-likeness (QED) is 0.850. The zero-order chi connectivity index (χ0) is 16.2. The Morgan fingerprint density at radius 1 is 1.10 bits per heavy atom. The SMILES string of the molecule is FCC(F)(F)C(F)(F)C(F)(F)c1nc(F)n[nH]1.O=S=O. The summed E-state index contributed by atoms with van der Waals surface area (Å²) in [7, 11) is 0. The van der Waals surface area contributed by atoms with Crippen LogP contribution in [0.15, 0.2) is 0 Å². The van der Waals surface area contributed by atoms with E-state index in [9.17, 15) is 35.1 Å². The van der Waals surface area contributed by atoms with Gasteiger partial charge in [-0.15, -0.1) is 5.10 Å². The number of hydrogen-bond donors (Lipinski definition) is 1. The van der Waals surface area contributed by atoms with E-state index in [1.165, 1.54) is 0 Å². The normalized spacial score (nSPS) is 12.6. The van der Waals surface area contributed by atoms with Crippen molar-refractivity contribution in [2.75, 3.05) is 6.67 Å². The van der Waals surface area contributed by atoms with Crippen LogP contribution in [0, 0.1) is 6.08 Å². The molecule has 1 aromatic heterocycles. The molecule has 0 aromatic carbocycles. The highest BCUT2D eigenvalue weighted by Gasteiger charge is 2.73. The molecular weight excluding hydrogens is 330 g/mol. The fourth-order valence-electron chi connectivity index (χ4n) is 0.844. The van der Waals surface area contributed by atoms with Crippen molar-refractivity contribution in [2.24, 2.45) is 0 Å². The van der Waals surface area contributed by atoms with Crippen LogP contribution >= 0.6 is 0 Å². The minimum absolute atomic E-state index is 0.750. The van der Waals surface area contributed by atoms with E-state index in [0.29, 0.717) is 0 Å². The topological polar surface area (TPSA) is 75.7 Å². The maximum Gasteiger partial charge on any atom is 0.382 e. The van der Waals surface area contributed by atoms with Crippen LogP contribution in [0.4, 0.5) is 35.1 Å². The Labute approximate surface area is 108 Å². The zero-order valence-corrected chi connectivity index (χ0v) is 9.67. The van der Waals surface area contributed by atoms with Gasteiger partial charge in [-0.25, -0.2) is 4.39 Å². The molecule has 0 saturated heterocycles. The number of halogens is 8. The van der Waals surface area contributed by atoms with Gasteiger partial charge in [-0.3, -0.25) is 5.10 Å². The molecule has 0 aliphatic carbocycles. The maximum atomic E-state index is 12.9. The minimum Gasteiger partial charge on any atom is -0.255 e. The van der Waals surface area contributed by atoms with Crippen molar-refractivity contribution >= 4 is 11.6 Å². The third-order valence-electron chi connectivity index (χ3n) is 1.78. The van der Waals surface area contributed by atoms with Gasteiger partial charge in [-0.1, -0.05) is 0 Å². The number of alkyl halides is 7. The van der Waals surface area contributed by atoms with Gasteiger partial charge >= 0.3 is 35.4 Å². The van der Waals surface area contributed by atoms with Crippen molar-refractivity contribution in [2.45, 2.75) is 17.8 Å². The van der Waals surface area contributed by atoms with Crippen LogP contribution in [0.5, 0.6) is 0 Å². The first kappa shape index (κ1) is 18.4. The van der Waals surface area contributed by atoms with E-state index >= 15 is 0 Å². The smallest absolute Gasteiger partial charge is 0.255 e. The largest absolute Gasteiger partial charge is 0.382 e. The average molecular weight is 333 g/mol. The van der Waals surface area contributed by atoms with Crippen molar-refractivity contribution in [1.29, 1.82) is 0 Å². The van der Waals surface area contributed by atoms with Gasteiger partial charge in [0.15, 0.2) is 6.67 Å². The molecule has 0 atom stereocenters. The van der Waals surface area contributed by atoms with Crippen LogP contribution in [0.2, 0.25) is 0 Å². The summed E-state index contributed by atoms with van der Waals surface area (Å²) < 4.78 is 116. The Bertz CT molecular complexity index is 486. The monoisotopic (exact) mass is 333 g/mol. The fraction of sp³-hybridized carbons (Fsp3) is 0.667. The summed E-state index contributed by atoms with van der Waals surface area (Å²) in [5, 5.41) is 3.38. The van der Waals surface area contributed by atoms with Gasteiger partial charge in [0.05, 0.1) is 0 Å². The van der Waals surface area contributed by atoms with E-state index in [2.05, 4.69) is 10.1 Å². The van der Waals surface area contributed by atoms with Gasteiger partial charge in [-0.2, -0.15) is 44.1 Å². The molecule has 0 bridgehead atoms. The third-order valence-corrected chi connectivity index (χ3v) is 1.78. The van der Waals surface area contributed by atoms with Crippen molar-refractivity contribution < 1.29 is 43.5 Å². The highest BCUT2D eigenvalue weighted by atomic mass is 32.1. The fourth-order valence-corrected chi connectivity index (χ4v) is 0.844. The molecule has 1 N–H and O–H groups in total. The molecule has 0 unspecified atom stereocenters. The summed E-state index contributed by atoms with van der Waals surface area (Å²) in [6.07, 6.45) is -1.83. The molecule has 0 aliphatic heterocycles. The molecule has 20 heavy (non-hydrogen) atoms. The predicted octanol–water partition coefficient (Wildman–Crippen LogP) is 1.61. The molecule has 0 radical (unpaired) electrons. The Hall–Kier alpha value is -1.60. The molecular formula is C6H3F8N3O2S. The minimum atomic E-state index is -6.08. The molecule has 0 saturated carbocycles. The van der Waals surface area contributed by atoms with Crippen LogP contribution in [0.25, 0.3) is 0 Å². The summed E-state index contributed by atoms with van der Waals surface area (Å²) in [6.45, 7) is -3.01. The lowest BCUT2D eigenvalue weighted by Gasteiger charge is -2.29. The number of hydrogen-bond acceptors (Lipinski definition) is 4. The van der Waals surface area contributed by atoms with E-state index < -0.39 is 47.9 Å². The van der Waals surface area contributed by atoms with E-state index in [-0.39, 0.29) is 0 Å². The average Bonchev–Trinajstić information content (AvgIpc) is 2.77. The lowest BCUT2D eigenvalue weighted by Crippen LogP contribution is -2.54. The van der Waals surface area contributed by atoms with Gasteiger partial charge in [-0.05, 0) is 0 Å². The third kappa shape index (κ3) is 3.29. The number of nitrogens with zero attached hydrogens (tertiary/aromatic N) is 2. The summed E-state index contributed by atoms with van der Waals surface area (Å²) in [5.74, 6) is -19.4. The second-order valence-corrected chi connectivity index (χ2v) is 3.14. The molecule has 0 amide bonds. The Kier molecular flexibility index (Phi) is 5.73. The van der Waals surface area contributed by atoms with Crippen molar-refractivity contribution in [3.05, 3.63) is 11.9 Å². The zero-order valence-electron chi connectivity index (χ0n) is 8.85. The first-order valence-electron chi connectivity index (χ1n) is 4.17. The Morgan fingerprint density at radius 3 is 1.85 bits per heavy atom. The highest BCUT2D eigenvalue weighted by molar-refractivity contribution is 7.51. The van der Waals surface area contributed by atoms with Crippen molar-refractivity contribution in [1.82, 2.24) is 15.2 Å². The second-order valence-electron chi connectivity index (χ2n) is 3.01. The van der Waals surface area contributed by atoms with Gasteiger partial charge in [0.2, 0.25) is 5.82 Å². The number of H-pyrrole nitrogens is 1. The lowest BCUT2D eigenvalue weighted by molar-refractivity contribution is -0.320. The van der Waals surface area contributed by atoms with Crippen LogP contribution < -0.4 is 0 Å². The molecule has 1 aromatic rings. The Balaban J connectivity index is 0.00000110. The van der Waals surface area contributed by atoms with Crippen molar-refractivity contribution in [3.63, 3.8) is 0 Å². The number of nitrogens with one attached hydrogen (secondary N) is 1. The van der Waals surface area contributed by atoms with Gasteiger partial charge in [0.25, 0.3) is 0 Å². The van der Waals surface area contributed by atoms with Crippen molar-refractivity contribution in [3.8, 4) is 0 Å². The number of aromatic nitrogens is 3. The lowest BCUT2D eigenvalue weighted by atomic mass is 10.1. The van der Waals surface area contributed by atoms with Gasteiger partial charge in [0.1, 0.15) is 0 Å². The van der Waals surface area contributed by atoms with Gasteiger partial charge in [0, 0.05) is 0 Å². The first-order chi connectivity index (χ1) is 8.97. The highest BCUT2D eigenvalue weighted by Crippen LogP contribution is 2.50. The van der Waals surface area contributed by atoms with Crippen LogP contribution in [-0.2, 0) is 17.5 Å². The molecule has 1 heterocycles. The van der Waals surface area contributed by atoms with Crippen LogP contribution in [0.3, 0.4) is 0 Å². The van der Waals surface area contributed by atoms with Gasteiger partial charge < -0.3 is 0 Å². The maximum absolute atomic E-state index is 12.9. The number of aromatic amines is 1. The summed E-state index contributed by atoms with van der Waals surface area (Å²) in [4.78, 5) is 2.18. The number of rotatable bonds is 4. The summed E-state index contributed by atoms with van der Waals surface area (Å²) in [6, 6.07) is 0. The molecule has 0 aliphatic rings. The molecule has 1 rings (SSSR count). The molecule has 5 nitrogen and oxygen atoms in total. The van der Waals surface area contributed by atoms with E-state index in [0.717, 1.165) is 5.10 Å². The predicted molar refractivity (Wildman–Crippen MR) is 45.0 cm³/mol. The first-order valence-corrected chi connectivity index (χ1v) is 4.84. The second kappa shape index (κ2) is 6.23. The van der Waals surface area contributed by atoms with E-state index in [1.807, 2.05) is 0 Å². The van der Waals surface area contributed by atoms with Crippen LogP contribution in [0.1, 0.15) is 5.82 Å². The molecule has 116 valence electrons. The summed E-state index contributed by atoms with van der Waals surface area (Å²) >= 11 is -0.750. The standard InChI is InChI=1S/C6H3F8N3.O2S/c7-1-4(9,10)6(13,14)5(11,12)2-15-3(8)17-16-2;1-3-2/h1H2,(H,15,16,17);.